The van der Waals surface area contributed by atoms with Gasteiger partial charge in [-0.1, -0.05) is 12.2 Å². The predicted octanol–water partition coefficient (Wildman–Crippen LogP) is 2.40. The van der Waals surface area contributed by atoms with Crippen LogP contribution in [0.15, 0.2) is 12.2 Å². The van der Waals surface area contributed by atoms with E-state index in [4.69, 9.17) is 4.74 Å². The molecule has 1 saturated heterocycles. The molecule has 0 radical (unpaired) electrons. The maximum Gasteiger partial charge on any atom is 0.410 e. The topological polar surface area (TPSA) is 53.0 Å². The zero-order valence-electron chi connectivity index (χ0n) is 14.4. The molecular formula is C17H30N2O3. The summed E-state index contributed by atoms with van der Waals surface area (Å²) in [6, 6.07) is 0.231. The zero-order chi connectivity index (χ0) is 16.5. The van der Waals surface area contributed by atoms with Crippen LogP contribution in [0.4, 0.5) is 4.79 Å². The molecule has 1 heterocycles. The fourth-order valence-electron chi connectivity index (χ4n) is 2.95. The van der Waals surface area contributed by atoms with E-state index in [1.807, 2.05) is 27.7 Å². The van der Waals surface area contributed by atoms with Crippen molar-refractivity contribution in [1.29, 1.82) is 0 Å². The van der Waals surface area contributed by atoms with Crippen molar-refractivity contribution < 1.29 is 14.6 Å². The fourth-order valence-corrected chi connectivity index (χ4v) is 2.95. The van der Waals surface area contributed by atoms with Gasteiger partial charge in [-0.05, 0) is 47.0 Å². The first-order valence-electron chi connectivity index (χ1n) is 8.17. The summed E-state index contributed by atoms with van der Waals surface area (Å²) in [5.41, 5.74) is -0.251. The smallest absolute Gasteiger partial charge is 0.410 e. The molecule has 1 saturated carbocycles. The van der Waals surface area contributed by atoms with Gasteiger partial charge in [-0.2, -0.15) is 0 Å². The van der Waals surface area contributed by atoms with Crippen molar-refractivity contribution >= 4 is 6.09 Å². The molecule has 1 atom stereocenters. The minimum absolute atomic E-state index is 0.231. The third-order valence-corrected chi connectivity index (χ3v) is 3.99. The quantitative estimate of drug-likeness (QED) is 0.792. The normalized spacial score (nSPS) is 26.0. The van der Waals surface area contributed by atoms with Gasteiger partial charge in [0.25, 0.3) is 0 Å². The van der Waals surface area contributed by atoms with Crippen LogP contribution in [0.5, 0.6) is 0 Å². The zero-order valence-corrected chi connectivity index (χ0v) is 14.4. The van der Waals surface area contributed by atoms with E-state index < -0.39 is 11.2 Å². The summed E-state index contributed by atoms with van der Waals surface area (Å²) < 4.78 is 5.50. The number of aliphatic hydroxyl groups is 1. The van der Waals surface area contributed by atoms with Crippen LogP contribution < -0.4 is 0 Å². The van der Waals surface area contributed by atoms with E-state index in [-0.39, 0.29) is 12.1 Å². The van der Waals surface area contributed by atoms with Crippen molar-refractivity contribution in [2.75, 3.05) is 26.2 Å². The number of amides is 1. The minimum Gasteiger partial charge on any atom is -0.444 e. The van der Waals surface area contributed by atoms with Gasteiger partial charge in [0.2, 0.25) is 0 Å². The van der Waals surface area contributed by atoms with E-state index in [0.717, 1.165) is 31.5 Å². The van der Waals surface area contributed by atoms with Gasteiger partial charge in [-0.3, -0.25) is 4.90 Å². The third-order valence-electron chi connectivity index (χ3n) is 3.99. The fraction of sp³-hybridized carbons (Fsp3) is 0.824. The molecule has 0 aromatic rings. The third kappa shape index (κ3) is 4.99. The molecule has 5 nitrogen and oxygen atoms in total. The van der Waals surface area contributed by atoms with E-state index in [1.165, 1.54) is 0 Å². The molecule has 1 aliphatic carbocycles. The highest BCUT2D eigenvalue weighted by Gasteiger charge is 2.43. The van der Waals surface area contributed by atoms with Gasteiger partial charge in [0.05, 0.1) is 12.1 Å². The second-order valence-corrected chi connectivity index (χ2v) is 7.98. The van der Waals surface area contributed by atoms with Crippen molar-refractivity contribution in [3.05, 3.63) is 12.2 Å². The summed E-state index contributed by atoms with van der Waals surface area (Å²) in [6.07, 6.45) is 2.39. The van der Waals surface area contributed by atoms with Crippen LogP contribution in [0.1, 0.15) is 47.0 Å². The molecule has 0 aromatic heterocycles. The van der Waals surface area contributed by atoms with Gasteiger partial charge in [0.15, 0.2) is 0 Å². The van der Waals surface area contributed by atoms with E-state index in [9.17, 15) is 9.90 Å². The maximum absolute atomic E-state index is 12.4. The molecule has 2 fully saturated rings. The number of likely N-dealkylation sites (tertiary alicyclic amines) is 1. The Labute approximate surface area is 133 Å². The van der Waals surface area contributed by atoms with Crippen LogP contribution in [0.3, 0.4) is 0 Å². The molecule has 1 N–H and O–H groups in total. The van der Waals surface area contributed by atoms with Gasteiger partial charge in [-0.15, -0.1) is 0 Å². The van der Waals surface area contributed by atoms with Crippen molar-refractivity contribution in [3.8, 4) is 0 Å². The first-order chi connectivity index (χ1) is 10.1. The average Bonchev–Trinajstić information content (AvgIpc) is 3.09. The van der Waals surface area contributed by atoms with E-state index in [2.05, 4.69) is 11.5 Å². The van der Waals surface area contributed by atoms with E-state index in [1.54, 1.807) is 4.90 Å². The van der Waals surface area contributed by atoms with Crippen molar-refractivity contribution in [3.63, 3.8) is 0 Å². The Bertz CT molecular complexity index is 440. The lowest BCUT2D eigenvalue weighted by atomic mass is 10.0. The number of carbonyl (C=O) groups excluding carboxylic acids is 1. The monoisotopic (exact) mass is 310 g/mol. The number of rotatable bonds is 5. The number of ether oxygens (including phenoxy) is 1. The lowest BCUT2D eigenvalue weighted by Gasteiger charge is -2.33. The number of carbonyl (C=O) groups is 1. The Morgan fingerprint density at radius 3 is 2.59 bits per heavy atom. The number of hydrogen-bond donors (Lipinski definition) is 1. The molecule has 1 amide bonds. The molecule has 5 heteroatoms. The maximum atomic E-state index is 12.4. The first-order valence-corrected chi connectivity index (χ1v) is 8.17. The van der Waals surface area contributed by atoms with Crippen LogP contribution in [-0.2, 0) is 4.74 Å². The molecular weight excluding hydrogens is 280 g/mol. The standard InChI is InChI=1S/C17H30N2O3/c1-13(2)10-18-9-8-17(21,11-18)12-19(14-6-7-14)15(20)22-16(3,4)5/h14,21H,1,6-12H2,2-5H3. The SMILES string of the molecule is C=C(C)CN1CCC(O)(CN(C(=O)OC(C)(C)C)C2CC2)C1. The van der Waals surface area contributed by atoms with Gasteiger partial charge in [0, 0.05) is 25.7 Å². The van der Waals surface area contributed by atoms with E-state index in [0.29, 0.717) is 19.5 Å². The predicted molar refractivity (Wildman–Crippen MR) is 86.8 cm³/mol. The van der Waals surface area contributed by atoms with Crippen LogP contribution >= 0.6 is 0 Å². The summed E-state index contributed by atoms with van der Waals surface area (Å²) in [7, 11) is 0. The van der Waals surface area contributed by atoms with Crippen LogP contribution in [0.25, 0.3) is 0 Å². The summed E-state index contributed by atoms with van der Waals surface area (Å²) in [5, 5.41) is 10.8. The molecule has 0 spiro atoms. The highest BCUT2D eigenvalue weighted by Crippen LogP contribution is 2.32. The second-order valence-electron chi connectivity index (χ2n) is 7.98. The van der Waals surface area contributed by atoms with Gasteiger partial charge >= 0.3 is 6.09 Å². The number of hydrogen-bond acceptors (Lipinski definition) is 4. The van der Waals surface area contributed by atoms with Gasteiger partial charge in [0.1, 0.15) is 5.60 Å². The summed E-state index contributed by atoms with van der Waals surface area (Å²) in [5.74, 6) is 0. The Hall–Kier alpha value is -1.07. The minimum atomic E-state index is -0.838. The van der Waals surface area contributed by atoms with Crippen molar-refractivity contribution in [2.45, 2.75) is 64.2 Å². The highest BCUT2D eigenvalue weighted by molar-refractivity contribution is 5.69. The first kappa shape index (κ1) is 17.3. The summed E-state index contributed by atoms with van der Waals surface area (Å²) in [4.78, 5) is 16.3. The average molecular weight is 310 g/mol. The molecule has 1 aliphatic heterocycles. The Kier molecular flexibility index (Phi) is 4.87. The van der Waals surface area contributed by atoms with Crippen LogP contribution in [0, 0.1) is 0 Å². The number of β-amino-alcohol motifs (C(OH)–C–C–N with tert-alkyl or cyclic N) is 1. The summed E-state index contributed by atoms with van der Waals surface area (Å²) >= 11 is 0. The lowest BCUT2D eigenvalue weighted by Crippen LogP contribution is -2.49. The number of nitrogens with zero attached hydrogens (tertiary/aromatic N) is 2. The molecule has 2 rings (SSSR count). The Morgan fingerprint density at radius 1 is 1.45 bits per heavy atom. The van der Waals surface area contributed by atoms with Crippen molar-refractivity contribution in [2.24, 2.45) is 0 Å². The largest absolute Gasteiger partial charge is 0.444 e. The molecule has 0 bridgehead atoms. The van der Waals surface area contributed by atoms with E-state index >= 15 is 0 Å². The van der Waals surface area contributed by atoms with Gasteiger partial charge in [-0.25, -0.2) is 4.79 Å². The van der Waals surface area contributed by atoms with Crippen LogP contribution in [0.2, 0.25) is 0 Å². The summed E-state index contributed by atoms with van der Waals surface area (Å²) in [6.45, 7) is 14.1. The molecule has 126 valence electrons. The lowest BCUT2D eigenvalue weighted by molar-refractivity contribution is -0.0154. The second kappa shape index (κ2) is 6.20. The molecule has 2 aliphatic rings. The van der Waals surface area contributed by atoms with Crippen LogP contribution in [-0.4, -0.2) is 64.4 Å². The van der Waals surface area contributed by atoms with Crippen molar-refractivity contribution in [1.82, 2.24) is 9.80 Å². The Morgan fingerprint density at radius 2 is 2.09 bits per heavy atom. The Balaban J connectivity index is 1.96. The molecule has 0 aromatic carbocycles. The highest BCUT2D eigenvalue weighted by atomic mass is 16.6. The van der Waals surface area contributed by atoms with Gasteiger partial charge < -0.3 is 14.7 Å². The molecule has 22 heavy (non-hydrogen) atoms. The molecule has 1 unspecified atom stereocenters.